The zero-order valence-corrected chi connectivity index (χ0v) is 23.8. The lowest BCUT2D eigenvalue weighted by molar-refractivity contribution is 0.0995. The van der Waals surface area contributed by atoms with Crippen molar-refractivity contribution in [2.24, 2.45) is 13.0 Å². The summed E-state index contributed by atoms with van der Waals surface area (Å²) in [5.74, 6) is 1.41. The third-order valence-electron chi connectivity index (χ3n) is 9.37. The van der Waals surface area contributed by atoms with Crippen LogP contribution in [0.2, 0.25) is 0 Å². The molecule has 2 aromatic heterocycles. The van der Waals surface area contributed by atoms with E-state index >= 15 is 4.39 Å². The lowest BCUT2D eigenvalue weighted by Crippen LogP contribution is -2.32. The molecule has 2 atom stereocenters. The molecule has 9 nitrogen and oxygen atoms in total. The Balaban J connectivity index is 1.16. The highest BCUT2D eigenvalue weighted by molar-refractivity contribution is 6.10. The predicted octanol–water partition coefficient (Wildman–Crippen LogP) is 4.81. The minimum absolute atomic E-state index is 0.132. The summed E-state index contributed by atoms with van der Waals surface area (Å²) >= 11 is 0. The first-order valence-corrected chi connectivity index (χ1v) is 14.8. The van der Waals surface area contributed by atoms with Crippen molar-refractivity contribution < 1.29 is 13.9 Å². The average Bonchev–Trinajstić information content (AvgIpc) is 3.26. The van der Waals surface area contributed by atoms with E-state index in [9.17, 15) is 10.1 Å². The molecule has 1 amide bonds. The van der Waals surface area contributed by atoms with Crippen molar-refractivity contribution in [3.63, 3.8) is 0 Å². The van der Waals surface area contributed by atoms with Crippen molar-refractivity contribution in [3.05, 3.63) is 82.6 Å². The van der Waals surface area contributed by atoms with Crippen LogP contribution in [0.15, 0.2) is 48.8 Å². The van der Waals surface area contributed by atoms with Crippen LogP contribution in [0.1, 0.15) is 57.9 Å². The number of amides is 1. The zero-order chi connectivity index (χ0) is 29.2. The van der Waals surface area contributed by atoms with Gasteiger partial charge in [0.15, 0.2) is 5.82 Å². The van der Waals surface area contributed by atoms with E-state index in [4.69, 9.17) is 9.72 Å². The first kappa shape index (κ1) is 26.2. The second-order valence-electron chi connectivity index (χ2n) is 12.2. The van der Waals surface area contributed by atoms with Crippen LogP contribution in [0.4, 0.5) is 10.2 Å². The average molecular weight is 576 g/mol. The molecule has 2 aromatic carbocycles. The summed E-state index contributed by atoms with van der Waals surface area (Å²) in [5, 5.41) is 17.9. The summed E-state index contributed by atoms with van der Waals surface area (Å²) in [6.07, 6.45) is 4.79. The summed E-state index contributed by atoms with van der Waals surface area (Å²) in [7, 11) is 1.86. The fraction of sp³-hybridized carbons (Fsp3) is 0.364. The number of nitrogens with zero attached hydrogens (tertiary/aromatic N) is 7. The van der Waals surface area contributed by atoms with Gasteiger partial charge in [0, 0.05) is 53.9 Å². The van der Waals surface area contributed by atoms with Crippen LogP contribution in [-0.4, -0.2) is 56.4 Å². The number of nitriles is 1. The van der Waals surface area contributed by atoms with Crippen molar-refractivity contribution in [2.75, 3.05) is 24.7 Å². The van der Waals surface area contributed by atoms with Gasteiger partial charge < -0.3 is 9.30 Å². The van der Waals surface area contributed by atoms with Crippen LogP contribution >= 0.6 is 0 Å². The fourth-order valence-corrected chi connectivity index (χ4v) is 6.89. The molecule has 10 heteroatoms. The summed E-state index contributed by atoms with van der Waals surface area (Å²) in [6, 6.07) is 15.5. The van der Waals surface area contributed by atoms with Crippen molar-refractivity contribution in [1.82, 2.24) is 24.6 Å². The van der Waals surface area contributed by atoms with Crippen LogP contribution < -0.4 is 4.90 Å². The third kappa shape index (κ3) is 4.51. The van der Waals surface area contributed by atoms with Crippen molar-refractivity contribution in [1.29, 1.82) is 5.26 Å². The molecule has 4 aromatic rings. The maximum atomic E-state index is 15.6. The Labute approximate surface area is 248 Å². The van der Waals surface area contributed by atoms with Gasteiger partial charge in [-0.2, -0.15) is 5.26 Å². The van der Waals surface area contributed by atoms with Gasteiger partial charge in [-0.05, 0) is 78.9 Å². The highest BCUT2D eigenvalue weighted by atomic mass is 19.1. The summed E-state index contributed by atoms with van der Waals surface area (Å²) in [5.41, 5.74) is 5.54. The van der Waals surface area contributed by atoms with Gasteiger partial charge in [-0.15, -0.1) is 10.2 Å². The molecular weight excluding hydrogens is 545 g/mol. The molecule has 1 aliphatic carbocycles. The number of hydrogen-bond donors (Lipinski definition) is 0. The molecule has 0 radical (unpaired) electrons. The van der Waals surface area contributed by atoms with Crippen molar-refractivity contribution in [3.8, 4) is 28.6 Å². The normalized spacial score (nSPS) is 21.3. The van der Waals surface area contributed by atoms with Gasteiger partial charge in [-0.25, -0.2) is 9.37 Å². The smallest absolute Gasteiger partial charge is 0.260 e. The fourth-order valence-electron chi connectivity index (χ4n) is 6.89. The Morgan fingerprint density at radius 3 is 2.74 bits per heavy atom. The van der Waals surface area contributed by atoms with Crippen LogP contribution in [0.3, 0.4) is 0 Å². The monoisotopic (exact) mass is 575 g/mol. The molecule has 216 valence electrons. The molecule has 0 N–H and O–H groups in total. The van der Waals surface area contributed by atoms with Crippen LogP contribution in [-0.2, 0) is 24.9 Å². The number of carbonyl (C=O) groups is 1. The SMILES string of the molecule is Cn1cnnc1-c1cc(C#N)ccc1-c1cc(C2CC2)nc(N2Cc3c(F)cc(CN4CC[C@@H]5COC[C@H]54)cc3C2=O)c1. The molecule has 3 fully saturated rings. The molecule has 0 bridgehead atoms. The number of aromatic nitrogens is 4. The first-order valence-electron chi connectivity index (χ1n) is 14.8. The number of fused-ring (bicyclic) bond motifs is 2. The standard InChI is InChI=1S/C33H30FN7O2/c1-39-18-36-38-32(39)25-8-19(13-35)2-5-24(25)23-11-29(21-3-4-21)37-31(12-23)41-15-27-26(33(41)42)9-20(10-28(27)34)14-40-7-6-22-16-43-17-30(22)40/h2,5,8-12,18,21-22,30H,3-4,6-7,14-17H2,1H3/t22-,30-/m1/s1. The van der Waals surface area contributed by atoms with E-state index in [-0.39, 0.29) is 18.3 Å². The Kier molecular flexibility index (Phi) is 6.13. The number of pyridine rings is 1. The van der Waals surface area contributed by atoms with E-state index < -0.39 is 0 Å². The summed E-state index contributed by atoms with van der Waals surface area (Å²) < 4.78 is 23.0. The number of benzene rings is 2. The summed E-state index contributed by atoms with van der Waals surface area (Å²) in [4.78, 5) is 22.8. The predicted molar refractivity (Wildman–Crippen MR) is 156 cm³/mol. The molecule has 43 heavy (non-hydrogen) atoms. The molecule has 8 rings (SSSR count). The number of carbonyl (C=O) groups excluding carboxylic acids is 1. The lowest BCUT2D eigenvalue weighted by Gasteiger charge is -2.22. The molecule has 3 aliphatic heterocycles. The Morgan fingerprint density at radius 2 is 1.95 bits per heavy atom. The number of hydrogen-bond acceptors (Lipinski definition) is 7. The Morgan fingerprint density at radius 1 is 1.07 bits per heavy atom. The minimum Gasteiger partial charge on any atom is -0.379 e. The van der Waals surface area contributed by atoms with Crippen LogP contribution in [0, 0.1) is 23.1 Å². The van der Waals surface area contributed by atoms with Gasteiger partial charge in [-0.1, -0.05) is 6.07 Å². The minimum atomic E-state index is -0.350. The van der Waals surface area contributed by atoms with Crippen LogP contribution in [0.5, 0.6) is 0 Å². The van der Waals surface area contributed by atoms with E-state index in [1.54, 1.807) is 23.4 Å². The van der Waals surface area contributed by atoms with E-state index in [1.165, 1.54) is 0 Å². The van der Waals surface area contributed by atoms with Gasteiger partial charge >= 0.3 is 0 Å². The number of ether oxygens (including phenoxy) is 1. The van der Waals surface area contributed by atoms with Gasteiger partial charge in [0.05, 0.1) is 31.4 Å². The maximum Gasteiger partial charge on any atom is 0.260 e. The molecule has 0 unspecified atom stereocenters. The summed E-state index contributed by atoms with van der Waals surface area (Å²) in [6.45, 7) is 3.21. The number of aryl methyl sites for hydroxylation is 1. The Bertz CT molecular complexity index is 1820. The first-order chi connectivity index (χ1) is 21.0. The quantitative estimate of drug-likeness (QED) is 0.325. The molecule has 2 saturated heterocycles. The zero-order valence-electron chi connectivity index (χ0n) is 23.8. The van der Waals surface area contributed by atoms with Crippen molar-refractivity contribution >= 4 is 11.7 Å². The van der Waals surface area contributed by atoms with Crippen LogP contribution in [0.25, 0.3) is 22.5 Å². The molecule has 0 spiro atoms. The number of halogens is 1. The van der Waals surface area contributed by atoms with E-state index in [0.29, 0.717) is 59.4 Å². The van der Waals surface area contributed by atoms with Gasteiger partial charge in [0.25, 0.3) is 5.91 Å². The molecule has 1 saturated carbocycles. The number of likely N-dealkylation sites (tertiary alicyclic amines) is 1. The third-order valence-corrected chi connectivity index (χ3v) is 9.37. The topological polar surface area (TPSA) is 100 Å². The largest absolute Gasteiger partial charge is 0.379 e. The lowest BCUT2D eigenvalue weighted by atomic mass is 9.96. The Hall–Kier alpha value is -4.46. The van der Waals surface area contributed by atoms with E-state index in [0.717, 1.165) is 60.4 Å². The second kappa shape index (κ2) is 10.1. The molecular formula is C33H30FN7O2. The number of rotatable bonds is 6. The molecule has 4 aliphatic rings. The number of anilines is 1. The second-order valence-corrected chi connectivity index (χ2v) is 12.2. The van der Waals surface area contributed by atoms with Gasteiger partial charge in [0.2, 0.25) is 0 Å². The maximum absolute atomic E-state index is 15.6. The highest BCUT2D eigenvalue weighted by Crippen LogP contribution is 2.43. The van der Waals surface area contributed by atoms with Crippen molar-refractivity contribution in [2.45, 2.75) is 44.3 Å². The van der Waals surface area contributed by atoms with E-state index in [1.807, 2.05) is 35.9 Å². The molecule has 5 heterocycles. The van der Waals surface area contributed by atoms with Gasteiger partial charge in [0.1, 0.15) is 18.0 Å². The van der Waals surface area contributed by atoms with Gasteiger partial charge in [-0.3, -0.25) is 14.6 Å². The van der Waals surface area contributed by atoms with E-state index in [2.05, 4.69) is 27.2 Å². The highest BCUT2D eigenvalue weighted by Gasteiger charge is 2.39.